The zero-order valence-electron chi connectivity index (χ0n) is 14.8. The molecule has 1 saturated heterocycles. The Morgan fingerprint density at radius 3 is 2.39 bits per heavy atom. The molecule has 1 aliphatic heterocycles. The zero-order valence-corrected chi connectivity index (χ0v) is 16.4. The predicted octanol–water partition coefficient (Wildman–Crippen LogP) is -3.34. The molecule has 6 nitrogen and oxygen atoms in total. The van der Waals surface area contributed by atoms with Gasteiger partial charge in [0.2, 0.25) is 0 Å². The Morgan fingerprint density at radius 1 is 1.18 bits per heavy atom. The fraction of sp³-hybridized carbons (Fsp3) is 0.647. The van der Waals surface area contributed by atoms with Crippen LogP contribution in [0.3, 0.4) is 0 Å². The highest BCUT2D eigenvalue weighted by Crippen LogP contribution is 2.32. The number of rotatable bonds is 8. The van der Waals surface area contributed by atoms with Gasteiger partial charge in [-0.2, -0.15) is 13.2 Å². The van der Waals surface area contributed by atoms with Crippen LogP contribution < -0.4 is 12.4 Å². The molecular weight excluding hydrogens is 425 g/mol. The number of alkyl halides is 3. The molecule has 0 bridgehead atoms. The van der Waals surface area contributed by atoms with E-state index in [1.807, 2.05) is 0 Å². The van der Waals surface area contributed by atoms with Gasteiger partial charge >= 0.3 is 6.18 Å². The van der Waals surface area contributed by atoms with Crippen LogP contribution in [0.4, 0.5) is 13.2 Å². The van der Waals surface area contributed by atoms with Gasteiger partial charge in [-0.15, -0.1) is 0 Å². The molecule has 1 aliphatic rings. The van der Waals surface area contributed by atoms with Gasteiger partial charge in [-0.1, -0.05) is 18.2 Å². The summed E-state index contributed by atoms with van der Waals surface area (Å²) in [6.45, 7) is -1.42. The van der Waals surface area contributed by atoms with Crippen LogP contribution in [0.5, 0.6) is 0 Å². The largest absolute Gasteiger partial charge is 1.00 e. The Morgan fingerprint density at radius 2 is 1.82 bits per heavy atom. The number of hydrogen-bond acceptors (Lipinski definition) is 6. The summed E-state index contributed by atoms with van der Waals surface area (Å²) >= 11 is 0. The van der Waals surface area contributed by atoms with Crippen molar-refractivity contribution in [3.8, 4) is 0 Å². The molecule has 162 valence electrons. The van der Waals surface area contributed by atoms with E-state index < -0.39 is 65.5 Å². The molecule has 11 heteroatoms. The minimum absolute atomic E-state index is 0. The lowest BCUT2D eigenvalue weighted by atomic mass is 10.1. The molecule has 1 aromatic rings. The third kappa shape index (κ3) is 6.20. The molecule has 5 N–H and O–H groups in total. The summed E-state index contributed by atoms with van der Waals surface area (Å²) in [7, 11) is -0.715. The van der Waals surface area contributed by atoms with Crippen molar-refractivity contribution < 1.29 is 55.8 Å². The quantitative estimate of drug-likeness (QED) is 0.266. The lowest BCUT2D eigenvalue weighted by molar-refractivity contribution is -0.139. The van der Waals surface area contributed by atoms with Gasteiger partial charge in [-0.3, -0.25) is 0 Å². The minimum atomic E-state index is -4.54. The number of benzene rings is 1. The first-order valence-corrected chi connectivity index (χ1v) is 10.0. The van der Waals surface area contributed by atoms with E-state index in [0.717, 1.165) is 6.07 Å². The zero-order chi connectivity index (χ0) is 20.2. The Labute approximate surface area is 169 Å². The molecule has 0 radical (unpaired) electrons. The number of aliphatic hydroxyl groups excluding tert-OH is 5. The molecule has 28 heavy (non-hydrogen) atoms. The van der Waals surface area contributed by atoms with Gasteiger partial charge in [0.1, 0.15) is 35.9 Å². The summed E-state index contributed by atoms with van der Waals surface area (Å²) in [4.78, 5) is 0. The van der Waals surface area contributed by atoms with Crippen LogP contribution in [0.15, 0.2) is 24.3 Å². The molecule has 1 aromatic carbocycles. The van der Waals surface area contributed by atoms with E-state index in [0.29, 0.717) is 0 Å². The number of hydrogen-bond donors (Lipinski definition) is 5. The Hall–Kier alpha value is -0.590. The summed E-state index contributed by atoms with van der Waals surface area (Å²) in [6.07, 6.45) is -9.00. The summed E-state index contributed by atoms with van der Waals surface area (Å²) in [5, 5.41) is 48.1. The van der Waals surface area contributed by atoms with Gasteiger partial charge in [-0.05, 0) is 11.6 Å². The molecular formula is C17H24ClF3O6S. The molecule has 0 saturated carbocycles. The van der Waals surface area contributed by atoms with Gasteiger partial charge in [0.25, 0.3) is 0 Å². The van der Waals surface area contributed by atoms with Crippen molar-refractivity contribution in [2.45, 2.75) is 42.4 Å². The van der Waals surface area contributed by atoms with Gasteiger partial charge in [0.15, 0.2) is 5.25 Å². The first kappa shape index (κ1) is 25.4. The predicted molar refractivity (Wildman–Crippen MR) is 93.1 cm³/mol. The molecule has 0 aliphatic carbocycles. The number of aliphatic hydroxyl groups is 5. The van der Waals surface area contributed by atoms with Crippen LogP contribution >= 0.6 is 0 Å². The smallest absolute Gasteiger partial charge is 0.416 e. The van der Waals surface area contributed by atoms with Gasteiger partial charge in [0, 0.05) is 10.9 Å². The molecule has 6 atom stereocenters. The van der Waals surface area contributed by atoms with E-state index >= 15 is 0 Å². The number of halogens is 4. The van der Waals surface area contributed by atoms with Crippen molar-refractivity contribution in [1.29, 1.82) is 0 Å². The van der Waals surface area contributed by atoms with E-state index in [1.54, 1.807) is 0 Å². The van der Waals surface area contributed by atoms with E-state index in [4.69, 9.17) is 4.74 Å². The highest BCUT2D eigenvalue weighted by molar-refractivity contribution is 7.97. The van der Waals surface area contributed by atoms with Crippen molar-refractivity contribution in [2.75, 3.05) is 24.7 Å². The van der Waals surface area contributed by atoms with E-state index in [2.05, 4.69) is 0 Å². The van der Waals surface area contributed by atoms with Crippen molar-refractivity contribution in [3.63, 3.8) is 0 Å². The molecule has 1 heterocycles. The van der Waals surface area contributed by atoms with Crippen molar-refractivity contribution in [1.82, 2.24) is 0 Å². The summed E-state index contributed by atoms with van der Waals surface area (Å²) in [6, 6.07) is 4.89. The average molecular weight is 449 g/mol. The Balaban J connectivity index is 0.00000392. The third-order valence-electron chi connectivity index (χ3n) is 4.54. The second-order valence-corrected chi connectivity index (χ2v) is 8.75. The fourth-order valence-corrected chi connectivity index (χ4v) is 5.73. The standard InChI is InChI=1S/C17H24F3O6S.ClH/c18-17(19,20)11-4-2-1-3-10(11)7-26-14(5-21)12(23)8-27-9-13(24)16(25)15(27)6-22;/h1-4,12-16,21-25H,5-9H2;1H/q+1;/p-1/t12?,13-,14+,15-,16+,27?;/m1./s1. The summed E-state index contributed by atoms with van der Waals surface area (Å²) in [5.41, 5.74) is -0.960. The Kier molecular flexibility index (Phi) is 9.98. The van der Waals surface area contributed by atoms with Crippen molar-refractivity contribution >= 4 is 10.9 Å². The molecule has 1 fully saturated rings. The minimum Gasteiger partial charge on any atom is -1.00 e. The van der Waals surface area contributed by atoms with E-state index in [9.17, 15) is 38.7 Å². The summed E-state index contributed by atoms with van der Waals surface area (Å²) < 4.78 is 44.4. The molecule has 0 spiro atoms. The van der Waals surface area contributed by atoms with Crippen molar-refractivity contribution in [2.24, 2.45) is 0 Å². The highest BCUT2D eigenvalue weighted by Gasteiger charge is 2.50. The average Bonchev–Trinajstić information content (AvgIpc) is 2.88. The SMILES string of the molecule is OC[C@H](OCc1ccccc1C(F)(F)F)C(O)C[S+]1C[C@@H](O)[C@H](O)[C@H]1CO.[Cl-]. The first-order valence-electron chi connectivity index (χ1n) is 8.38. The molecule has 2 unspecified atom stereocenters. The Bertz CT molecular complexity index is 609. The normalized spacial score (nSPS) is 27.3. The first-order chi connectivity index (χ1) is 12.7. The molecule has 2 rings (SSSR count). The van der Waals surface area contributed by atoms with Gasteiger partial charge in [-0.25, -0.2) is 0 Å². The van der Waals surface area contributed by atoms with Crippen LogP contribution in [0.1, 0.15) is 11.1 Å². The van der Waals surface area contributed by atoms with Gasteiger partial charge in [0.05, 0.1) is 25.4 Å². The topological polar surface area (TPSA) is 110 Å². The third-order valence-corrected chi connectivity index (χ3v) is 7.36. The van der Waals surface area contributed by atoms with Crippen LogP contribution in [-0.2, 0) is 28.4 Å². The molecule has 0 amide bonds. The van der Waals surface area contributed by atoms with Crippen LogP contribution in [0, 0.1) is 0 Å². The van der Waals surface area contributed by atoms with E-state index in [1.165, 1.54) is 18.2 Å². The second-order valence-electron chi connectivity index (χ2n) is 6.40. The maximum absolute atomic E-state index is 13.0. The second kappa shape index (κ2) is 11.0. The monoisotopic (exact) mass is 448 g/mol. The maximum atomic E-state index is 13.0. The maximum Gasteiger partial charge on any atom is 0.416 e. The van der Waals surface area contributed by atoms with Gasteiger partial charge < -0.3 is 42.7 Å². The number of ether oxygens (including phenoxy) is 1. The highest BCUT2D eigenvalue weighted by atomic mass is 35.5. The van der Waals surface area contributed by atoms with E-state index in [-0.39, 0.29) is 36.1 Å². The van der Waals surface area contributed by atoms with Crippen LogP contribution in [0.25, 0.3) is 0 Å². The molecule has 0 aromatic heterocycles. The lowest BCUT2D eigenvalue weighted by Crippen LogP contribution is -3.00. The van der Waals surface area contributed by atoms with Crippen LogP contribution in [0.2, 0.25) is 0 Å². The summed E-state index contributed by atoms with van der Waals surface area (Å²) in [5.74, 6) is 0.240. The lowest BCUT2D eigenvalue weighted by Gasteiger charge is -2.23. The fourth-order valence-electron chi connectivity index (χ4n) is 3.02. The van der Waals surface area contributed by atoms with Crippen molar-refractivity contribution in [3.05, 3.63) is 35.4 Å². The van der Waals surface area contributed by atoms with Crippen LogP contribution in [-0.4, -0.2) is 79.9 Å².